The second kappa shape index (κ2) is 15.0. The van der Waals surface area contributed by atoms with Crippen LogP contribution in [0, 0.1) is 0 Å². The quantitative estimate of drug-likeness (QED) is 0.255. The van der Waals surface area contributed by atoms with Gasteiger partial charge in [0, 0.05) is 6.42 Å². The number of aliphatic hydroxyl groups excluding tert-OH is 5. The highest BCUT2D eigenvalue weighted by Gasteiger charge is 2.33. The van der Waals surface area contributed by atoms with Crippen LogP contribution in [0.15, 0.2) is 0 Å². The summed E-state index contributed by atoms with van der Waals surface area (Å²) in [6, 6.07) is 0. The Balaban J connectivity index is 0. The summed E-state index contributed by atoms with van der Waals surface area (Å²) in [5, 5.41) is 46.5. The molecule has 0 aromatic carbocycles. The lowest BCUT2D eigenvalue weighted by Crippen LogP contribution is -2.48. The molecule has 7 nitrogen and oxygen atoms in total. The lowest BCUT2D eigenvalue weighted by atomic mass is 9.97. The van der Waals surface area contributed by atoms with E-state index in [1.54, 1.807) is 0 Å². The zero-order valence-corrected chi connectivity index (χ0v) is 14.2. The Morgan fingerprint density at radius 2 is 1.30 bits per heavy atom. The van der Waals surface area contributed by atoms with Crippen LogP contribution in [-0.4, -0.2) is 62.3 Å². The highest BCUT2D eigenvalue weighted by Crippen LogP contribution is 2.12. The molecule has 7 heteroatoms. The molecule has 0 aromatic heterocycles. The Bertz CT molecular complexity index is 290. The van der Waals surface area contributed by atoms with E-state index in [1.807, 2.05) is 0 Å². The Kier molecular flexibility index (Phi) is 16.1. The molecule has 0 unspecified atom stereocenters. The highest BCUT2D eigenvalue weighted by molar-refractivity contribution is 5.83. The van der Waals surface area contributed by atoms with Crippen LogP contribution in [0.25, 0.3) is 0 Å². The molecule has 0 saturated carbocycles. The van der Waals surface area contributed by atoms with Gasteiger partial charge in [-0.05, 0) is 6.42 Å². The summed E-state index contributed by atoms with van der Waals surface area (Å²) < 4.78 is 0. The number of hydrogen-bond donors (Lipinski definition) is 6. The summed E-state index contributed by atoms with van der Waals surface area (Å²) in [6.07, 6.45) is 1.90. The third-order valence-corrected chi connectivity index (χ3v) is 3.86. The van der Waals surface area contributed by atoms with Gasteiger partial charge in [0.05, 0.1) is 6.61 Å². The van der Waals surface area contributed by atoms with Gasteiger partial charge in [-0.2, -0.15) is 0 Å². The molecule has 0 spiro atoms. The molecule has 0 bridgehead atoms. The maximum Gasteiger partial charge on any atom is 0.164 e. The third kappa shape index (κ3) is 10.8. The molecule has 0 fully saturated rings. The smallest absolute Gasteiger partial charge is 0.164 e. The fourth-order valence-corrected chi connectivity index (χ4v) is 2.29. The summed E-state index contributed by atoms with van der Waals surface area (Å²) in [6.45, 7) is 1.42. The molecule has 0 heterocycles. The Hall–Kier alpha value is -0.570. The molecular weight excluding hydrogens is 302 g/mol. The van der Waals surface area contributed by atoms with E-state index < -0.39 is 36.8 Å². The molecule has 0 aliphatic heterocycles. The highest BCUT2D eigenvalue weighted by atomic mass is 16.4. The van der Waals surface area contributed by atoms with Crippen LogP contribution >= 0.6 is 0 Å². The van der Waals surface area contributed by atoms with Gasteiger partial charge in [-0.25, -0.2) is 0 Å². The summed E-state index contributed by atoms with van der Waals surface area (Å²) >= 11 is 0. The fraction of sp³-hybridized carbons (Fsp3) is 0.938. The van der Waals surface area contributed by atoms with E-state index in [2.05, 4.69) is 6.92 Å². The predicted octanol–water partition coefficient (Wildman–Crippen LogP) is 0.684. The lowest BCUT2D eigenvalue weighted by molar-refractivity contribution is -0.147. The van der Waals surface area contributed by atoms with E-state index in [1.165, 1.54) is 25.7 Å². The van der Waals surface area contributed by atoms with Gasteiger partial charge < -0.3 is 31.7 Å². The van der Waals surface area contributed by atoms with Crippen LogP contribution in [0.4, 0.5) is 0 Å². The Morgan fingerprint density at radius 1 is 0.826 bits per heavy atom. The van der Waals surface area contributed by atoms with Crippen LogP contribution in [0.1, 0.15) is 64.7 Å². The maximum absolute atomic E-state index is 11.7. The first-order valence-corrected chi connectivity index (χ1v) is 8.31. The number of aliphatic hydroxyl groups is 5. The van der Waals surface area contributed by atoms with Crippen LogP contribution in [0.2, 0.25) is 0 Å². The minimum absolute atomic E-state index is 0. The van der Waals surface area contributed by atoms with Crippen molar-refractivity contribution in [3.63, 3.8) is 0 Å². The summed E-state index contributed by atoms with van der Waals surface area (Å²) in [5.74, 6) is -0.553. The van der Waals surface area contributed by atoms with Crippen molar-refractivity contribution in [2.24, 2.45) is 0 Å². The number of hydrogen-bond acceptors (Lipinski definition) is 7. The first kappa shape index (κ1) is 24.7. The van der Waals surface area contributed by atoms with Crippen LogP contribution < -0.4 is 6.15 Å². The Labute approximate surface area is 138 Å². The van der Waals surface area contributed by atoms with Gasteiger partial charge in [-0.1, -0.05) is 51.9 Å². The van der Waals surface area contributed by atoms with Crippen molar-refractivity contribution in [1.82, 2.24) is 6.15 Å². The van der Waals surface area contributed by atoms with E-state index in [-0.39, 0.29) is 12.6 Å². The van der Waals surface area contributed by atoms with Crippen molar-refractivity contribution >= 4 is 5.78 Å². The summed E-state index contributed by atoms with van der Waals surface area (Å²) in [7, 11) is 0. The molecule has 23 heavy (non-hydrogen) atoms. The van der Waals surface area contributed by atoms with Crippen LogP contribution in [0.5, 0.6) is 0 Å². The molecular formula is C16H35NO6. The van der Waals surface area contributed by atoms with E-state index in [4.69, 9.17) is 5.11 Å². The molecule has 0 rings (SSSR count). The number of unbranched alkanes of at least 4 members (excludes halogenated alkanes) is 7. The van der Waals surface area contributed by atoms with Gasteiger partial charge in [-0.15, -0.1) is 0 Å². The molecule has 0 amide bonds. The maximum atomic E-state index is 11.7. The average Bonchev–Trinajstić information content (AvgIpc) is 2.54. The summed E-state index contributed by atoms with van der Waals surface area (Å²) in [5.41, 5.74) is 0. The van der Waals surface area contributed by atoms with Gasteiger partial charge in [0.2, 0.25) is 0 Å². The second-order valence-electron chi connectivity index (χ2n) is 5.87. The minimum atomic E-state index is -1.79. The molecule has 140 valence electrons. The van der Waals surface area contributed by atoms with Gasteiger partial charge in [0.1, 0.15) is 24.4 Å². The predicted molar refractivity (Wildman–Crippen MR) is 88.4 cm³/mol. The molecule has 0 aliphatic rings. The van der Waals surface area contributed by atoms with Crippen molar-refractivity contribution in [2.45, 2.75) is 89.1 Å². The van der Waals surface area contributed by atoms with Crippen molar-refractivity contribution < 1.29 is 30.3 Å². The standard InChI is InChI=1S/C16H32O6.H3N/c1-2-3-4-5-6-7-8-9-10-12(18)14(20)16(22)15(21)13(19)11-17;/h13-17,19-22H,2-11H2,1H3;1H3/t13-,14+,15-,16-;/m1./s1. The Morgan fingerprint density at radius 3 is 1.78 bits per heavy atom. The molecule has 0 aromatic rings. The van der Waals surface area contributed by atoms with Crippen molar-refractivity contribution in [3.8, 4) is 0 Å². The van der Waals surface area contributed by atoms with Crippen molar-refractivity contribution in [3.05, 3.63) is 0 Å². The topological polar surface area (TPSA) is 153 Å². The van der Waals surface area contributed by atoms with E-state index >= 15 is 0 Å². The molecule has 4 atom stereocenters. The van der Waals surface area contributed by atoms with Crippen molar-refractivity contribution in [2.75, 3.05) is 6.61 Å². The van der Waals surface area contributed by atoms with Gasteiger partial charge in [-0.3, -0.25) is 4.79 Å². The van der Waals surface area contributed by atoms with Crippen LogP contribution in [0.3, 0.4) is 0 Å². The first-order valence-electron chi connectivity index (χ1n) is 8.31. The van der Waals surface area contributed by atoms with Gasteiger partial charge in [0.25, 0.3) is 0 Å². The number of ketones is 1. The molecule has 8 N–H and O–H groups in total. The third-order valence-electron chi connectivity index (χ3n) is 3.86. The average molecular weight is 337 g/mol. The zero-order chi connectivity index (χ0) is 17.0. The number of rotatable bonds is 14. The molecule has 0 saturated heterocycles. The zero-order valence-electron chi connectivity index (χ0n) is 14.2. The minimum Gasteiger partial charge on any atom is -0.394 e. The molecule has 0 radical (unpaired) electrons. The SMILES string of the molecule is CCCCCCCCCCC(=O)[C@H](O)[C@@H](O)[C@H](O)[C@H](O)CO.N. The van der Waals surface area contributed by atoms with E-state index in [9.17, 15) is 25.2 Å². The summed E-state index contributed by atoms with van der Waals surface area (Å²) in [4.78, 5) is 11.7. The van der Waals surface area contributed by atoms with E-state index in [0.29, 0.717) is 6.42 Å². The number of carbonyl (C=O) groups is 1. The normalized spacial score (nSPS) is 16.3. The lowest BCUT2D eigenvalue weighted by Gasteiger charge is -2.24. The van der Waals surface area contributed by atoms with Crippen LogP contribution in [-0.2, 0) is 4.79 Å². The van der Waals surface area contributed by atoms with Gasteiger partial charge >= 0.3 is 0 Å². The largest absolute Gasteiger partial charge is 0.394 e. The monoisotopic (exact) mass is 337 g/mol. The molecule has 0 aliphatic carbocycles. The van der Waals surface area contributed by atoms with E-state index in [0.717, 1.165) is 19.3 Å². The number of Topliss-reactive ketones (excluding diaryl/α,β-unsaturated/α-hetero) is 1. The van der Waals surface area contributed by atoms with Crippen molar-refractivity contribution in [1.29, 1.82) is 0 Å². The fourth-order valence-electron chi connectivity index (χ4n) is 2.29. The first-order chi connectivity index (χ1) is 10.5. The second-order valence-corrected chi connectivity index (χ2v) is 5.87. The van der Waals surface area contributed by atoms with Gasteiger partial charge in [0.15, 0.2) is 5.78 Å². The number of carbonyl (C=O) groups excluding carboxylic acids is 1.